The number of hydrogen-bond acceptors (Lipinski definition) is 3. The first-order valence-electron chi connectivity index (χ1n) is 5.33. The number of amidine groups is 1. The minimum Gasteiger partial charge on any atom is -0.379 e. The minimum absolute atomic E-state index is 0.0143. The Bertz CT molecular complexity index is 239. The van der Waals surface area contributed by atoms with Gasteiger partial charge in [0, 0.05) is 13.1 Å². The maximum atomic E-state index is 11.7. The summed E-state index contributed by atoms with van der Waals surface area (Å²) in [5.74, 6) is 0.379. The lowest BCUT2D eigenvalue weighted by atomic mass is 9.94. The first kappa shape index (κ1) is 12.4. The average Bonchev–Trinajstić information content (AvgIpc) is 2.26. The van der Waals surface area contributed by atoms with E-state index in [0.29, 0.717) is 11.8 Å². The lowest BCUT2D eigenvalue weighted by molar-refractivity contribution is -0.129. The Hall–Kier alpha value is -0.710. The number of carbonyl (C=O) groups excluding carboxylic acids is 1. The summed E-state index contributed by atoms with van der Waals surface area (Å²) in [6, 6.07) is 0.402. The molecule has 1 fully saturated rings. The van der Waals surface area contributed by atoms with E-state index in [0.717, 1.165) is 24.6 Å². The lowest BCUT2D eigenvalue weighted by Crippen LogP contribution is -2.39. The fourth-order valence-corrected chi connectivity index (χ4v) is 2.40. The van der Waals surface area contributed by atoms with E-state index < -0.39 is 0 Å². The molecule has 1 saturated carbocycles. The number of thioether (sulfide) groups is 1. The lowest BCUT2D eigenvalue weighted by Gasteiger charge is -2.31. The first-order valence-corrected chi connectivity index (χ1v) is 6.32. The van der Waals surface area contributed by atoms with Gasteiger partial charge in [-0.3, -0.25) is 10.2 Å². The number of nitrogens with two attached hydrogens (primary N) is 1. The Balaban J connectivity index is 2.33. The molecule has 0 saturated heterocycles. The van der Waals surface area contributed by atoms with Crippen molar-refractivity contribution in [2.24, 2.45) is 5.73 Å². The predicted octanol–water partition coefficient (Wildman–Crippen LogP) is 1.40. The van der Waals surface area contributed by atoms with E-state index >= 15 is 0 Å². The molecule has 1 amide bonds. The molecule has 0 atom stereocenters. The molecule has 0 aromatic carbocycles. The molecule has 3 N–H and O–H groups in total. The van der Waals surface area contributed by atoms with Crippen LogP contribution in [0.5, 0.6) is 0 Å². The van der Waals surface area contributed by atoms with Crippen LogP contribution in [-0.2, 0) is 4.79 Å². The maximum Gasteiger partial charge on any atom is 0.233 e. The smallest absolute Gasteiger partial charge is 0.233 e. The molecule has 0 radical (unpaired) electrons. The van der Waals surface area contributed by atoms with Gasteiger partial charge in [0.05, 0.1) is 5.75 Å². The largest absolute Gasteiger partial charge is 0.379 e. The summed E-state index contributed by atoms with van der Waals surface area (Å²) in [5.41, 5.74) is 5.19. The minimum atomic E-state index is 0.0143. The molecule has 0 unspecified atom stereocenters. The van der Waals surface area contributed by atoms with Crippen LogP contribution in [0.4, 0.5) is 0 Å². The van der Waals surface area contributed by atoms with E-state index in [1.54, 1.807) is 0 Å². The van der Waals surface area contributed by atoms with Gasteiger partial charge in [0.1, 0.15) is 0 Å². The summed E-state index contributed by atoms with van der Waals surface area (Å²) in [6.45, 7) is 0. The zero-order valence-electron chi connectivity index (χ0n) is 9.16. The Labute approximate surface area is 95.1 Å². The van der Waals surface area contributed by atoms with Crippen molar-refractivity contribution in [3.05, 3.63) is 0 Å². The first-order chi connectivity index (χ1) is 7.11. The molecule has 5 heteroatoms. The standard InChI is InChI=1S/C10H19N3OS/c1-13(8-5-3-2-4-6-8)9(14)7-15-10(11)12/h8H,2-7H2,1H3,(H3,11,12). The monoisotopic (exact) mass is 229 g/mol. The number of nitrogens with one attached hydrogen (secondary N) is 1. The summed E-state index contributed by atoms with van der Waals surface area (Å²) in [6.07, 6.45) is 5.98. The molecular formula is C10H19N3OS. The molecule has 86 valence electrons. The van der Waals surface area contributed by atoms with Gasteiger partial charge in [-0.15, -0.1) is 0 Å². The Morgan fingerprint density at radius 2 is 2.07 bits per heavy atom. The van der Waals surface area contributed by atoms with Crippen LogP contribution in [0.2, 0.25) is 0 Å². The zero-order chi connectivity index (χ0) is 11.3. The molecule has 0 bridgehead atoms. The van der Waals surface area contributed by atoms with E-state index in [-0.39, 0.29) is 11.1 Å². The average molecular weight is 229 g/mol. The molecule has 15 heavy (non-hydrogen) atoms. The fraction of sp³-hybridized carbons (Fsp3) is 0.800. The second-order valence-electron chi connectivity index (χ2n) is 3.95. The zero-order valence-corrected chi connectivity index (χ0v) is 9.98. The third-order valence-corrected chi connectivity index (χ3v) is 3.57. The van der Waals surface area contributed by atoms with E-state index in [9.17, 15) is 4.79 Å². The van der Waals surface area contributed by atoms with Crippen LogP contribution in [0, 0.1) is 5.41 Å². The number of amides is 1. The van der Waals surface area contributed by atoms with Gasteiger partial charge in [0.25, 0.3) is 0 Å². The number of hydrogen-bond donors (Lipinski definition) is 2. The molecule has 1 rings (SSSR count). The van der Waals surface area contributed by atoms with Crippen molar-refractivity contribution >= 4 is 22.8 Å². The quantitative estimate of drug-likeness (QED) is 0.568. The summed E-state index contributed by atoms with van der Waals surface area (Å²) >= 11 is 1.10. The third kappa shape index (κ3) is 4.11. The summed E-state index contributed by atoms with van der Waals surface area (Å²) in [5, 5.41) is 7.06. The van der Waals surface area contributed by atoms with Crippen LogP contribution in [-0.4, -0.2) is 34.8 Å². The van der Waals surface area contributed by atoms with Gasteiger partial charge in [-0.05, 0) is 12.8 Å². The normalized spacial score (nSPS) is 17.4. The van der Waals surface area contributed by atoms with Crippen molar-refractivity contribution in [3.63, 3.8) is 0 Å². The van der Waals surface area contributed by atoms with Gasteiger partial charge in [-0.25, -0.2) is 0 Å². The van der Waals surface area contributed by atoms with Crippen LogP contribution in [0.3, 0.4) is 0 Å². The maximum absolute atomic E-state index is 11.7. The molecule has 0 spiro atoms. The van der Waals surface area contributed by atoms with Crippen molar-refractivity contribution in [1.29, 1.82) is 5.41 Å². The summed E-state index contributed by atoms with van der Waals surface area (Å²) in [4.78, 5) is 13.5. The number of rotatable bonds is 3. The number of nitrogens with zero attached hydrogens (tertiary/aromatic N) is 1. The van der Waals surface area contributed by atoms with E-state index in [4.69, 9.17) is 11.1 Å². The highest BCUT2D eigenvalue weighted by Gasteiger charge is 2.21. The van der Waals surface area contributed by atoms with E-state index in [2.05, 4.69) is 0 Å². The molecule has 0 heterocycles. The van der Waals surface area contributed by atoms with Gasteiger partial charge in [-0.2, -0.15) is 0 Å². The van der Waals surface area contributed by atoms with Crippen LogP contribution in [0.25, 0.3) is 0 Å². The van der Waals surface area contributed by atoms with Gasteiger partial charge in [0.15, 0.2) is 5.17 Å². The van der Waals surface area contributed by atoms with Gasteiger partial charge >= 0.3 is 0 Å². The van der Waals surface area contributed by atoms with Crippen LogP contribution < -0.4 is 5.73 Å². The predicted molar refractivity (Wildman–Crippen MR) is 64.0 cm³/mol. The molecule has 0 aliphatic heterocycles. The SMILES string of the molecule is CN(C(=O)CSC(=N)N)C1CCCCC1. The molecule has 4 nitrogen and oxygen atoms in total. The van der Waals surface area contributed by atoms with Crippen molar-refractivity contribution in [1.82, 2.24) is 4.90 Å². The van der Waals surface area contributed by atoms with E-state index in [1.807, 2.05) is 11.9 Å². The topological polar surface area (TPSA) is 70.2 Å². The van der Waals surface area contributed by atoms with Crippen LogP contribution in [0.1, 0.15) is 32.1 Å². The third-order valence-electron chi connectivity index (χ3n) is 2.87. The van der Waals surface area contributed by atoms with Crippen molar-refractivity contribution < 1.29 is 4.79 Å². The fourth-order valence-electron chi connectivity index (χ4n) is 1.91. The Kier molecular flexibility index (Phi) is 4.94. The van der Waals surface area contributed by atoms with Crippen molar-refractivity contribution in [3.8, 4) is 0 Å². The van der Waals surface area contributed by atoms with Gasteiger partial charge in [0.2, 0.25) is 5.91 Å². The molecule has 1 aliphatic rings. The molecule has 0 aromatic heterocycles. The van der Waals surface area contributed by atoms with Gasteiger partial charge in [-0.1, -0.05) is 31.0 Å². The molecule has 1 aliphatic carbocycles. The van der Waals surface area contributed by atoms with E-state index in [1.165, 1.54) is 19.3 Å². The van der Waals surface area contributed by atoms with Crippen LogP contribution >= 0.6 is 11.8 Å². The van der Waals surface area contributed by atoms with Gasteiger partial charge < -0.3 is 10.6 Å². The highest BCUT2D eigenvalue weighted by molar-refractivity contribution is 8.14. The summed E-state index contributed by atoms with van der Waals surface area (Å²) < 4.78 is 0. The van der Waals surface area contributed by atoms with Crippen molar-refractivity contribution in [2.75, 3.05) is 12.8 Å². The second-order valence-corrected chi connectivity index (χ2v) is 4.97. The second kappa shape index (κ2) is 6.00. The van der Waals surface area contributed by atoms with Crippen molar-refractivity contribution in [2.45, 2.75) is 38.1 Å². The molecular weight excluding hydrogens is 210 g/mol. The molecule has 0 aromatic rings. The van der Waals surface area contributed by atoms with Crippen LogP contribution in [0.15, 0.2) is 0 Å². The number of carbonyl (C=O) groups is 1. The highest BCUT2D eigenvalue weighted by atomic mass is 32.2. The summed E-state index contributed by atoms with van der Waals surface area (Å²) in [7, 11) is 1.86. The highest BCUT2D eigenvalue weighted by Crippen LogP contribution is 2.22. The Morgan fingerprint density at radius 1 is 1.47 bits per heavy atom. The Morgan fingerprint density at radius 3 is 2.60 bits per heavy atom.